The van der Waals surface area contributed by atoms with Gasteiger partial charge in [0.1, 0.15) is 5.75 Å². The van der Waals surface area contributed by atoms with Crippen LogP contribution < -0.4 is 0 Å². The van der Waals surface area contributed by atoms with Gasteiger partial charge in [-0.05, 0) is 36.5 Å². The number of aromatic hydroxyl groups is 1. The summed E-state index contributed by atoms with van der Waals surface area (Å²) in [5, 5.41) is 9.08. The van der Waals surface area contributed by atoms with E-state index < -0.39 is 0 Å². The topological polar surface area (TPSA) is 20.2 Å². The second-order valence-electron chi connectivity index (χ2n) is 3.97. The zero-order valence-corrected chi connectivity index (χ0v) is 8.90. The number of allylic oxidation sites excluding steroid dienone is 1. The van der Waals surface area contributed by atoms with Crippen molar-refractivity contribution in [2.24, 2.45) is 5.92 Å². The molecule has 0 radical (unpaired) electrons. The SMILES string of the molecule is CC(C)CCC=Cc1ccc(O)cc1. The molecule has 1 heteroatoms. The largest absolute Gasteiger partial charge is 0.508 e. The van der Waals surface area contributed by atoms with E-state index in [0.717, 1.165) is 17.9 Å². The number of hydrogen-bond acceptors (Lipinski definition) is 1. The fourth-order valence-electron chi connectivity index (χ4n) is 1.23. The lowest BCUT2D eigenvalue weighted by Gasteiger charge is -1.99. The summed E-state index contributed by atoms with van der Waals surface area (Å²) in [6.45, 7) is 4.46. The molecule has 1 nitrogen and oxygen atoms in total. The molecule has 14 heavy (non-hydrogen) atoms. The van der Waals surface area contributed by atoms with Crippen LogP contribution in [0.2, 0.25) is 0 Å². The fourth-order valence-corrected chi connectivity index (χ4v) is 1.23. The highest BCUT2D eigenvalue weighted by molar-refractivity contribution is 5.50. The van der Waals surface area contributed by atoms with E-state index in [1.54, 1.807) is 12.1 Å². The number of hydrogen-bond donors (Lipinski definition) is 1. The monoisotopic (exact) mass is 190 g/mol. The first-order valence-corrected chi connectivity index (χ1v) is 5.14. The number of phenolic OH excluding ortho intramolecular Hbond substituents is 1. The molecule has 1 N–H and O–H groups in total. The molecule has 0 saturated heterocycles. The van der Waals surface area contributed by atoms with E-state index in [1.807, 2.05) is 12.1 Å². The van der Waals surface area contributed by atoms with Gasteiger partial charge >= 0.3 is 0 Å². The maximum Gasteiger partial charge on any atom is 0.115 e. The zero-order chi connectivity index (χ0) is 10.4. The molecule has 0 aliphatic heterocycles. The lowest BCUT2D eigenvalue weighted by atomic mass is 10.1. The number of rotatable bonds is 4. The Kier molecular flexibility index (Phi) is 4.24. The van der Waals surface area contributed by atoms with Crippen LogP contribution in [-0.4, -0.2) is 5.11 Å². The minimum atomic E-state index is 0.323. The van der Waals surface area contributed by atoms with Gasteiger partial charge in [0.25, 0.3) is 0 Å². The first-order valence-electron chi connectivity index (χ1n) is 5.14. The standard InChI is InChI=1S/C13H18O/c1-11(2)5-3-4-6-12-7-9-13(14)10-8-12/h4,6-11,14H,3,5H2,1-2H3. The molecule has 0 aliphatic rings. The Morgan fingerprint density at radius 2 is 1.86 bits per heavy atom. The summed E-state index contributed by atoms with van der Waals surface area (Å²) in [5.41, 5.74) is 1.14. The van der Waals surface area contributed by atoms with Crippen LogP contribution >= 0.6 is 0 Å². The predicted molar refractivity (Wildman–Crippen MR) is 61.2 cm³/mol. The summed E-state index contributed by atoms with van der Waals surface area (Å²) in [7, 11) is 0. The third-order valence-corrected chi connectivity index (χ3v) is 2.11. The Morgan fingerprint density at radius 1 is 1.21 bits per heavy atom. The van der Waals surface area contributed by atoms with Gasteiger partial charge in [0.2, 0.25) is 0 Å². The predicted octanol–water partition coefficient (Wildman–Crippen LogP) is 3.84. The van der Waals surface area contributed by atoms with Crippen molar-refractivity contribution < 1.29 is 5.11 Å². The van der Waals surface area contributed by atoms with Crippen LogP contribution in [0, 0.1) is 5.92 Å². The highest BCUT2D eigenvalue weighted by Crippen LogP contribution is 2.12. The molecule has 1 rings (SSSR count). The zero-order valence-electron chi connectivity index (χ0n) is 8.90. The van der Waals surface area contributed by atoms with Gasteiger partial charge in [0.05, 0.1) is 0 Å². The highest BCUT2D eigenvalue weighted by atomic mass is 16.3. The Morgan fingerprint density at radius 3 is 2.43 bits per heavy atom. The Hall–Kier alpha value is -1.24. The maximum atomic E-state index is 9.08. The average Bonchev–Trinajstić information content (AvgIpc) is 2.15. The Labute approximate surface area is 86.1 Å². The molecule has 76 valence electrons. The minimum Gasteiger partial charge on any atom is -0.508 e. The lowest BCUT2D eigenvalue weighted by Crippen LogP contribution is -1.83. The number of benzene rings is 1. The molecule has 0 heterocycles. The van der Waals surface area contributed by atoms with E-state index in [9.17, 15) is 0 Å². The quantitative estimate of drug-likeness (QED) is 0.764. The first kappa shape index (κ1) is 10.8. The third kappa shape index (κ3) is 4.13. The molecule has 0 saturated carbocycles. The van der Waals surface area contributed by atoms with Crippen LogP contribution in [0.5, 0.6) is 5.75 Å². The summed E-state index contributed by atoms with van der Waals surface area (Å²) < 4.78 is 0. The third-order valence-electron chi connectivity index (χ3n) is 2.11. The van der Waals surface area contributed by atoms with Crippen molar-refractivity contribution in [1.29, 1.82) is 0 Å². The smallest absolute Gasteiger partial charge is 0.115 e. The summed E-state index contributed by atoms with van der Waals surface area (Å²) >= 11 is 0. The van der Waals surface area contributed by atoms with E-state index in [-0.39, 0.29) is 0 Å². The molecule has 0 amide bonds. The molecule has 1 aromatic carbocycles. The highest BCUT2D eigenvalue weighted by Gasteiger charge is 1.90. The van der Waals surface area contributed by atoms with Crippen LogP contribution in [-0.2, 0) is 0 Å². The molecule has 0 atom stereocenters. The summed E-state index contributed by atoms with van der Waals surface area (Å²) in [6, 6.07) is 7.26. The van der Waals surface area contributed by atoms with Crippen LogP contribution in [0.15, 0.2) is 30.3 Å². The van der Waals surface area contributed by atoms with Gasteiger partial charge in [-0.25, -0.2) is 0 Å². The number of phenols is 1. The second-order valence-corrected chi connectivity index (χ2v) is 3.97. The van der Waals surface area contributed by atoms with Gasteiger partial charge in [-0.1, -0.05) is 38.1 Å². The minimum absolute atomic E-state index is 0.323. The van der Waals surface area contributed by atoms with Gasteiger partial charge < -0.3 is 5.11 Å². The van der Waals surface area contributed by atoms with Gasteiger partial charge in [-0.3, -0.25) is 0 Å². The molecule has 1 aromatic rings. The van der Waals surface area contributed by atoms with Crippen LogP contribution in [0.1, 0.15) is 32.3 Å². The molecule has 0 aliphatic carbocycles. The van der Waals surface area contributed by atoms with Gasteiger partial charge in [-0.15, -0.1) is 0 Å². The molecular formula is C13H18O. The van der Waals surface area contributed by atoms with Crippen molar-refractivity contribution >= 4 is 6.08 Å². The summed E-state index contributed by atoms with van der Waals surface area (Å²) in [5.74, 6) is 1.09. The summed E-state index contributed by atoms with van der Waals surface area (Å²) in [4.78, 5) is 0. The van der Waals surface area contributed by atoms with Gasteiger partial charge in [0, 0.05) is 0 Å². The van der Waals surface area contributed by atoms with E-state index >= 15 is 0 Å². The van der Waals surface area contributed by atoms with E-state index in [1.165, 1.54) is 6.42 Å². The van der Waals surface area contributed by atoms with Crippen LogP contribution in [0.25, 0.3) is 6.08 Å². The average molecular weight is 190 g/mol. The molecule has 0 unspecified atom stereocenters. The van der Waals surface area contributed by atoms with Crippen molar-refractivity contribution in [2.45, 2.75) is 26.7 Å². The van der Waals surface area contributed by atoms with Crippen molar-refractivity contribution in [3.05, 3.63) is 35.9 Å². The first-order chi connectivity index (χ1) is 6.68. The van der Waals surface area contributed by atoms with Crippen molar-refractivity contribution in [3.8, 4) is 5.75 Å². The Bertz CT molecular complexity index is 283. The van der Waals surface area contributed by atoms with E-state index in [2.05, 4.69) is 26.0 Å². The molecule has 0 bridgehead atoms. The van der Waals surface area contributed by atoms with Crippen molar-refractivity contribution in [2.75, 3.05) is 0 Å². The molecular weight excluding hydrogens is 172 g/mol. The van der Waals surface area contributed by atoms with Gasteiger partial charge in [0.15, 0.2) is 0 Å². The Balaban J connectivity index is 2.40. The van der Waals surface area contributed by atoms with Crippen LogP contribution in [0.4, 0.5) is 0 Å². The van der Waals surface area contributed by atoms with Crippen molar-refractivity contribution in [3.63, 3.8) is 0 Å². The van der Waals surface area contributed by atoms with Crippen molar-refractivity contribution in [1.82, 2.24) is 0 Å². The molecule has 0 spiro atoms. The molecule has 0 fully saturated rings. The maximum absolute atomic E-state index is 9.08. The van der Waals surface area contributed by atoms with Gasteiger partial charge in [-0.2, -0.15) is 0 Å². The van der Waals surface area contributed by atoms with E-state index in [4.69, 9.17) is 5.11 Å². The molecule has 0 aromatic heterocycles. The second kappa shape index (κ2) is 5.48. The van der Waals surface area contributed by atoms with E-state index in [0.29, 0.717) is 5.75 Å². The normalized spacial score (nSPS) is 11.4. The van der Waals surface area contributed by atoms with Crippen LogP contribution in [0.3, 0.4) is 0 Å². The fraction of sp³-hybridized carbons (Fsp3) is 0.385. The lowest BCUT2D eigenvalue weighted by molar-refractivity contribution is 0.475. The summed E-state index contributed by atoms with van der Waals surface area (Å²) in [6.07, 6.45) is 6.64.